The molecule has 0 spiro atoms. The van der Waals surface area contributed by atoms with Crippen LogP contribution in [0.15, 0.2) is 22.7 Å². The first-order valence-corrected chi connectivity index (χ1v) is 6.71. The van der Waals surface area contributed by atoms with Crippen LogP contribution in [0.4, 0.5) is 10.5 Å². The average Bonchev–Trinajstić information content (AvgIpc) is 2.31. The van der Waals surface area contributed by atoms with Crippen molar-refractivity contribution in [1.29, 1.82) is 0 Å². The van der Waals surface area contributed by atoms with Crippen LogP contribution in [-0.4, -0.2) is 17.3 Å². The highest BCUT2D eigenvalue weighted by molar-refractivity contribution is 9.10. The van der Waals surface area contributed by atoms with Gasteiger partial charge in [0, 0.05) is 10.2 Å². The normalized spacial score (nSPS) is 11.8. The summed E-state index contributed by atoms with van der Waals surface area (Å²) in [6.07, 6.45) is 0.773. The minimum atomic E-state index is -0.744. The molecule has 0 saturated heterocycles. The number of imide groups is 1. The van der Waals surface area contributed by atoms with Gasteiger partial charge in [0.25, 0.3) is 0 Å². The monoisotopic (exact) mass is 332 g/mol. The molecule has 0 aliphatic carbocycles. The van der Waals surface area contributed by atoms with Gasteiger partial charge in [-0.15, -0.1) is 11.6 Å². The molecule has 98 valence electrons. The summed E-state index contributed by atoms with van der Waals surface area (Å²) in [5.74, 6) is -0.524. The Kier molecular flexibility index (Phi) is 5.62. The van der Waals surface area contributed by atoms with Crippen LogP contribution in [0.3, 0.4) is 0 Å². The van der Waals surface area contributed by atoms with Crippen molar-refractivity contribution in [3.63, 3.8) is 0 Å². The first kappa shape index (κ1) is 15.0. The van der Waals surface area contributed by atoms with Crippen molar-refractivity contribution in [1.82, 2.24) is 5.32 Å². The number of nitrogens with one attached hydrogen (secondary N) is 2. The molecule has 0 bridgehead atoms. The van der Waals surface area contributed by atoms with Gasteiger partial charge in [0.15, 0.2) is 0 Å². The van der Waals surface area contributed by atoms with E-state index in [9.17, 15) is 9.59 Å². The Labute approximate surface area is 119 Å². The Morgan fingerprint density at radius 2 is 2.11 bits per heavy atom. The fourth-order valence-corrected chi connectivity index (χ4v) is 1.80. The SMILES string of the molecule is CCc1cc(Br)ccc1NC(=O)NC(=O)C(C)Cl. The van der Waals surface area contributed by atoms with E-state index in [-0.39, 0.29) is 0 Å². The number of hydrogen-bond acceptors (Lipinski definition) is 2. The van der Waals surface area contributed by atoms with Crippen LogP contribution >= 0.6 is 27.5 Å². The van der Waals surface area contributed by atoms with Gasteiger partial charge in [0.1, 0.15) is 5.38 Å². The molecule has 2 N–H and O–H groups in total. The number of amides is 3. The van der Waals surface area contributed by atoms with Crippen molar-refractivity contribution in [2.75, 3.05) is 5.32 Å². The summed E-state index contributed by atoms with van der Waals surface area (Å²) >= 11 is 8.92. The van der Waals surface area contributed by atoms with Crippen molar-refractivity contribution in [3.8, 4) is 0 Å². The summed E-state index contributed by atoms with van der Waals surface area (Å²) in [6, 6.07) is 4.93. The molecule has 18 heavy (non-hydrogen) atoms. The summed E-state index contributed by atoms with van der Waals surface area (Å²) in [5, 5.41) is 4.04. The van der Waals surface area contributed by atoms with Crippen molar-refractivity contribution in [2.45, 2.75) is 25.6 Å². The number of urea groups is 1. The first-order chi connectivity index (χ1) is 8.43. The Morgan fingerprint density at radius 1 is 1.44 bits per heavy atom. The van der Waals surface area contributed by atoms with E-state index < -0.39 is 17.3 Å². The minimum absolute atomic E-state index is 0.524. The number of benzene rings is 1. The van der Waals surface area contributed by atoms with E-state index in [1.807, 2.05) is 19.1 Å². The molecule has 0 radical (unpaired) electrons. The quantitative estimate of drug-likeness (QED) is 0.834. The molecule has 6 heteroatoms. The number of hydrogen-bond donors (Lipinski definition) is 2. The summed E-state index contributed by atoms with van der Waals surface area (Å²) < 4.78 is 0.941. The lowest BCUT2D eigenvalue weighted by atomic mass is 10.1. The second-order valence-corrected chi connectivity index (χ2v) is 5.28. The Balaban J connectivity index is 2.73. The number of alkyl halides is 1. The number of aryl methyl sites for hydroxylation is 1. The molecule has 0 aliphatic heterocycles. The van der Waals surface area contributed by atoms with Gasteiger partial charge in [-0.3, -0.25) is 10.1 Å². The zero-order valence-electron chi connectivity index (χ0n) is 10.1. The molecule has 1 rings (SSSR count). The van der Waals surface area contributed by atoms with E-state index in [1.54, 1.807) is 6.07 Å². The van der Waals surface area contributed by atoms with Gasteiger partial charge in [0.2, 0.25) is 5.91 Å². The molecule has 0 saturated carbocycles. The fraction of sp³-hybridized carbons (Fsp3) is 0.333. The maximum absolute atomic E-state index is 11.6. The standard InChI is InChI=1S/C12H14BrClN2O2/c1-3-8-6-9(13)4-5-10(8)15-12(18)16-11(17)7(2)14/h4-7H,3H2,1-2H3,(H2,15,16,17,18). The van der Waals surface area contributed by atoms with Crippen molar-refractivity contribution >= 4 is 45.2 Å². The van der Waals surface area contributed by atoms with E-state index in [2.05, 4.69) is 26.6 Å². The summed E-state index contributed by atoms with van der Waals surface area (Å²) in [7, 11) is 0. The molecule has 0 aliphatic rings. The Bertz CT molecular complexity index is 463. The van der Waals surface area contributed by atoms with E-state index in [4.69, 9.17) is 11.6 Å². The molecule has 0 heterocycles. The third kappa shape index (κ3) is 4.31. The maximum atomic E-state index is 11.6. The lowest BCUT2D eigenvalue weighted by molar-refractivity contribution is -0.119. The molecule has 4 nitrogen and oxygen atoms in total. The largest absolute Gasteiger partial charge is 0.325 e. The first-order valence-electron chi connectivity index (χ1n) is 5.48. The minimum Gasteiger partial charge on any atom is -0.307 e. The van der Waals surface area contributed by atoms with Crippen LogP contribution in [0.5, 0.6) is 0 Å². The number of halogens is 2. The van der Waals surface area contributed by atoms with Gasteiger partial charge >= 0.3 is 6.03 Å². The van der Waals surface area contributed by atoms with Crippen molar-refractivity contribution in [2.24, 2.45) is 0 Å². The van der Waals surface area contributed by atoms with E-state index in [1.165, 1.54) is 6.92 Å². The van der Waals surface area contributed by atoms with E-state index >= 15 is 0 Å². The zero-order chi connectivity index (χ0) is 13.7. The summed E-state index contributed by atoms with van der Waals surface area (Å²) in [6.45, 7) is 3.48. The van der Waals surface area contributed by atoms with Crippen molar-refractivity contribution in [3.05, 3.63) is 28.2 Å². The molecule has 1 atom stereocenters. The predicted molar refractivity (Wildman–Crippen MR) is 76.0 cm³/mol. The van der Waals surface area contributed by atoms with Crippen LogP contribution in [-0.2, 0) is 11.2 Å². The number of anilines is 1. The molecular weight excluding hydrogens is 320 g/mol. The third-order valence-electron chi connectivity index (χ3n) is 2.29. The van der Waals surface area contributed by atoms with Crippen LogP contribution in [0.2, 0.25) is 0 Å². The molecule has 0 fully saturated rings. The van der Waals surface area contributed by atoms with E-state index in [0.717, 1.165) is 16.5 Å². The van der Waals surface area contributed by atoms with Crippen molar-refractivity contribution < 1.29 is 9.59 Å². The highest BCUT2D eigenvalue weighted by Crippen LogP contribution is 2.21. The maximum Gasteiger partial charge on any atom is 0.325 e. The van der Waals surface area contributed by atoms with Gasteiger partial charge in [-0.05, 0) is 37.1 Å². The number of carbonyl (C=O) groups excluding carboxylic acids is 2. The second-order valence-electron chi connectivity index (χ2n) is 3.71. The Morgan fingerprint density at radius 3 is 2.67 bits per heavy atom. The van der Waals surface area contributed by atoms with Gasteiger partial charge < -0.3 is 5.32 Å². The lowest BCUT2D eigenvalue weighted by Crippen LogP contribution is -2.38. The average molecular weight is 334 g/mol. The van der Waals surface area contributed by atoms with Gasteiger partial charge in [-0.1, -0.05) is 22.9 Å². The second kappa shape index (κ2) is 6.75. The van der Waals surface area contributed by atoms with Gasteiger partial charge in [-0.25, -0.2) is 4.79 Å². The Hall–Kier alpha value is -1.07. The fourth-order valence-electron chi connectivity index (χ4n) is 1.34. The molecular formula is C12H14BrClN2O2. The molecule has 3 amide bonds. The van der Waals surface area contributed by atoms with Crippen LogP contribution in [0, 0.1) is 0 Å². The summed E-state index contributed by atoms with van der Waals surface area (Å²) in [5.41, 5.74) is 1.65. The number of carbonyl (C=O) groups is 2. The molecule has 1 aromatic rings. The molecule has 1 aromatic carbocycles. The summed E-state index contributed by atoms with van der Waals surface area (Å²) in [4.78, 5) is 22.8. The smallest absolute Gasteiger partial charge is 0.307 e. The predicted octanol–water partition coefficient (Wildman–Crippen LogP) is 3.29. The lowest BCUT2D eigenvalue weighted by Gasteiger charge is -2.11. The zero-order valence-corrected chi connectivity index (χ0v) is 12.4. The number of rotatable bonds is 3. The van der Waals surface area contributed by atoms with E-state index in [0.29, 0.717) is 5.69 Å². The molecule has 1 unspecified atom stereocenters. The van der Waals surface area contributed by atoms with Crippen LogP contribution in [0.1, 0.15) is 19.4 Å². The van der Waals surface area contributed by atoms with Crippen LogP contribution < -0.4 is 10.6 Å². The highest BCUT2D eigenvalue weighted by Gasteiger charge is 2.13. The third-order valence-corrected chi connectivity index (χ3v) is 2.99. The highest BCUT2D eigenvalue weighted by atomic mass is 79.9. The van der Waals surface area contributed by atoms with Gasteiger partial charge in [0.05, 0.1) is 0 Å². The molecule has 0 aromatic heterocycles. The van der Waals surface area contributed by atoms with Crippen LogP contribution in [0.25, 0.3) is 0 Å². The van der Waals surface area contributed by atoms with Gasteiger partial charge in [-0.2, -0.15) is 0 Å². The topological polar surface area (TPSA) is 58.2 Å².